The van der Waals surface area contributed by atoms with Gasteiger partial charge in [-0.1, -0.05) is 0 Å². The number of hydrogen-bond acceptors (Lipinski definition) is 5. The van der Waals surface area contributed by atoms with Gasteiger partial charge in [-0.3, -0.25) is 14.5 Å². The Labute approximate surface area is 113 Å². The molecule has 2 aromatic rings. The number of fused-ring (bicyclic) bond motifs is 1. The lowest BCUT2D eigenvalue weighted by Gasteiger charge is -2.22. The van der Waals surface area contributed by atoms with E-state index in [2.05, 4.69) is 15.0 Å². The number of aliphatic carboxylic acids is 1. The van der Waals surface area contributed by atoms with Crippen molar-refractivity contribution in [3.8, 4) is 0 Å². The number of H-pyrrole nitrogens is 2. The monoisotopic (exact) mass is 278 g/mol. The van der Waals surface area contributed by atoms with Gasteiger partial charge in [0.05, 0.1) is 12.4 Å². The van der Waals surface area contributed by atoms with Gasteiger partial charge in [-0.15, -0.1) is 0 Å². The first kappa shape index (κ1) is 12.8. The number of aliphatic hydroxyl groups is 1. The molecule has 0 bridgehead atoms. The van der Waals surface area contributed by atoms with E-state index >= 15 is 0 Å². The van der Waals surface area contributed by atoms with Gasteiger partial charge in [0.25, 0.3) is 5.56 Å². The van der Waals surface area contributed by atoms with Crippen molar-refractivity contribution in [1.29, 1.82) is 0 Å². The van der Waals surface area contributed by atoms with Crippen LogP contribution in [0.3, 0.4) is 0 Å². The number of hydrogen-bond donors (Lipinski definition) is 4. The van der Waals surface area contributed by atoms with Gasteiger partial charge in [0.1, 0.15) is 17.1 Å². The fourth-order valence-corrected chi connectivity index (χ4v) is 2.90. The summed E-state index contributed by atoms with van der Waals surface area (Å²) < 4.78 is 0. The van der Waals surface area contributed by atoms with Gasteiger partial charge in [-0.05, 0) is 13.5 Å². The van der Waals surface area contributed by atoms with E-state index in [-0.39, 0.29) is 18.0 Å². The Morgan fingerprint density at radius 2 is 2.25 bits per heavy atom. The van der Waals surface area contributed by atoms with Gasteiger partial charge in [0.2, 0.25) is 0 Å². The fraction of sp³-hybridized carbons (Fsp3) is 0.417. The maximum absolute atomic E-state index is 11.6. The molecule has 4 N–H and O–H groups in total. The van der Waals surface area contributed by atoms with Crippen molar-refractivity contribution in [2.75, 3.05) is 7.05 Å². The van der Waals surface area contributed by atoms with Crippen molar-refractivity contribution in [3.63, 3.8) is 0 Å². The molecule has 0 aliphatic carbocycles. The number of likely N-dealkylation sites (tertiary alicyclic amines) is 1. The number of nitrogens with zero attached hydrogens (tertiary/aromatic N) is 2. The predicted molar refractivity (Wildman–Crippen MR) is 69.3 cm³/mol. The molecule has 0 saturated carbocycles. The molecule has 1 aliphatic rings. The van der Waals surface area contributed by atoms with Crippen molar-refractivity contribution in [2.45, 2.75) is 24.6 Å². The highest BCUT2D eigenvalue weighted by Gasteiger charge is 2.43. The summed E-state index contributed by atoms with van der Waals surface area (Å²) in [6.45, 7) is 0. The Balaban J connectivity index is 2.07. The van der Waals surface area contributed by atoms with E-state index in [1.807, 2.05) is 0 Å². The van der Waals surface area contributed by atoms with Gasteiger partial charge in [0, 0.05) is 17.8 Å². The lowest BCUT2D eigenvalue weighted by atomic mass is 10.1. The molecule has 0 spiro atoms. The summed E-state index contributed by atoms with van der Waals surface area (Å²) in [5.41, 5.74) is 1.29. The van der Waals surface area contributed by atoms with E-state index in [9.17, 15) is 14.7 Å². The minimum Gasteiger partial charge on any atom is -0.480 e. The lowest BCUT2D eigenvalue weighted by Crippen LogP contribution is -2.40. The number of nitrogens with one attached hydrogen (secondary N) is 2. The summed E-state index contributed by atoms with van der Waals surface area (Å²) in [4.78, 5) is 33.9. The van der Waals surface area contributed by atoms with Crippen molar-refractivity contribution < 1.29 is 15.0 Å². The summed E-state index contributed by atoms with van der Waals surface area (Å²) in [5, 5.41) is 19.1. The third-order valence-electron chi connectivity index (χ3n) is 3.87. The van der Waals surface area contributed by atoms with E-state index in [0.29, 0.717) is 11.0 Å². The third-order valence-corrected chi connectivity index (χ3v) is 3.87. The second kappa shape index (κ2) is 4.43. The van der Waals surface area contributed by atoms with Gasteiger partial charge in [0.15, 0.2) is 0 Å². The van der Waals surface area contributed by atoms with E-state index in [1.165, 1.54) is 6.33 Å². The molecule has 0 aromatic carbocycles. The van der Waals surface area contributed by atoms with Gasteiger partial charge in [-0.25, -0.2) is 4.98 Å². The number of carboxylic acids is 1. The zero-order chi connectivity index (χ0) is 14.4. The molecule has 2 aromatic heterocycles. The Morgan fingerprint density at radius 3 is 2.90 bits per heavy atom. The molecule has 1 saturated heterocycles. The minimum atomic E-state index is -1.06. The van der Waals surface area contributed by atoms with Gasteiger partial charge < -0.3 is 20.2 Å². The standard InChI is InChI=1S/C12H14N4O4/c1-16-6(2-7(17)10(16)12(19)20)5-3-13-9-8(5)14-4-15-11(9)18/h3-4,6-7,10,13,17H,2H2,1H3,(H,19,20)(H,14,15,18)/t6-,7+,10+/m1/s1. The number of carboxylic acid groups (broad SMARTS) is 1. The number of aromatic amines is 2. The van der Waals surface area contributed by atoms with E-state index in [0.717, 1.165) is 5.56 Å². The molecule has 0 unspecified atom stereocenters. The fourth-order valence-electron chi connectivity index (χ4n) is 2.90. The Hall–Kier alpha value is -2.19. The van der Waals surface area contributed by atoms with Gasteiger partial charge >= 0.3 is 5.97 Å². The molecular weight excluding hydrogens is 264 g/mol. The lowest BCUT2D eigenvalue weighted by molar-refractivity contribution is -0.144. The zero-order valence-corrected chi connectivity index (χ0v) is 10.7. The van der Waals surface area contributed by atoms with E-state index in [1.54, 1.807) is 18.1 Å². The summed E-state index contributed by atoms with van der Waals surface area (Å²) >= 11 is 0. The molecular formula is C12H14N4O4. The van der Waals surface area contributed by atoms with Gasteiger partial charge in [-0.2, -0.15) is 0 Å². The first-order valence-electron chi connectivity index (χ1n) is 6.18. The molecule has 8 heteroatoms. The summed E-state index contributed by atoms with van der Waals surface area (Å²) in [5.74, 6) is -1.06. The first-order valence-corrected chi connectivity index (χ1v) is 6.18. The molecule has 1 aliphatic heterocycles. The molecule has 3 heterocycles. The van der Waals surface area contributed by atoms with Crippen LogP contribution in [0.15, 0.2) is 17.3 Å². The van der Waals surface area contributed by atoms with Crippen LogP contribution < -0.4 is 5.56 Å². The highest BCUT2D eigenvalue weighted by atomic mass is 16.4. The Morgan fingerprint density at radius 1 is 1.50 bits per heavy atom. The van der Waals surface area contributed by atoms with Crippen molar-refractivity contribution >= 4 is 17.0 Å². The maximum atomic E-state index is 11.6. The number of aromatic nitrogens is 3. The summed E-state index contributed by atoms with van der Waals surface area (Å²) in [6.07, 6.45) is 2.29. The normalized spacial score (nSPS) is 27.2. The van der Waals surface area contributed by atoms with Crippen LogP contribution in [-0.4, -0.2) is 55.2 Å². The molecule has 20 heavy (non-hydrogen) atoms. The SMILES string of the molecule is CN1[C@@H](c2c[nH]c3c(=O)[nH]cnc23)C[C@H](O)[C@H]1C(=O)O. The van der Waals surface area contributed by atoms with Crippen molar-refractivity contribution in [2.24, 2.45) is 0 Å². The molecule has 8 nitrogen and oxygen atoms in total. The Kier molecular flexibility index (Phi) is 2.84. The highest BCUT2D eigenvalue weighted by Crippen LogP contribution is 2.37. The second-order valence-electron chi connectivity index (χ2n) is 4.97. The molecule has 106 valence electrons. The van der Waals surface area contributed by atoms with E-state index in [4.69, 9.17) is 5.11 Å². The quantitative estimate of drug-likeness (QED) is 0.584. The zero-order valence-electron chi connectivity index (χ0n) is 10.7. The molecule has 3 atom stereocenters. The largest absolute Gasteiger partial charge is 0.480 e. The van der Waals surface area contributed by atoms with Crippen LogP contribution in [0, 0.1) is 0 Å². The van der Waals surface area contributed by atoms with Crippen LogP contribution in [-0.2, 0) is 4.79 Å². The number of likely N-dealkylation sites (N-methyl/N-ethyl adjacent to an activating group) is 1. The summed E-state index contributed by atoms with van der Waals surface area (Å²) in [7, 11) is 1.64. The van der Waals surface area contributed by atoms with Crippen LogP contribution in [0.25, 0.3) is 11.0 Å². The molecule has 0 amide bonds. The van der Waals surface area contributed by atoms with Crippen LogP contribution in [0.4, 0.5) is 0 Å². The minimum absolute atomic E-state index is 0.280. The Bertz CT molecular complexity index is 722. The van der Waals surface area contributed by atoms with E-state index < -0.39 is 18.1 Å². The van der Waals surface area contributed by atoms with Crippen LogP contribution in [0.1, 0.15) is 18.0 Å². The average Bonchev–Trinajstić information content (AvgIpc) is 2.91. The van der Waals surface area contributed by atoms with Crippen molar-refractivity contribution in [3.05, 3.63) is 28.4 Å². The van der Waals surface area contributed by atoms with Crippen LogP contribution in [0.2, 0.25) is 0 Å². The van der Waals surface area contributed by atoms with Crippen molar-refractivity contribution in [1.82, 2.24) is 19.9 Å². The number of carbonyl (C=O) groups is 1. The molecule has 1 fully saturated rings. The molecule has 3 rings (SSSR count). The second-order valence-corrected chi connectivity index (χ2v) is 4.97. The average molecular weight is 278 g/mol. The van der Waals surface area contributed by atoms with Crippen LogP contribution in [0.5, 0.6) is 0 Å². The topological polar surface area (TPSA) is 122 Å². The third kappa shape index (κ3) is 1.73. The smallest absolute Gasteiger partial charge is 0.323 e. The predicted octanol–water partition coefficient (Wildman–Crippen LogP) is -0.558. The number of aliphatic hydroxyl groups excluding tert-OH is 1. The molecule has 0 radical (unpaired) electrons. The maximum Gasteiger partial charge on any atom is 0.323 e. The summed E-state index contributed by atoms with van der Waals surface area (Å²) in [6, 6.07) is -1.25. The first-order chi connectivity index (χ1) is 9.50. The number of rotatable bonds is 2. The highest BCUT2D eigenvalue weighted by molar-refractivity contribution is 5.79. The van der Waals surface area contributed by atoms with Crippen LogP contribution >= 0.6 is 0 Å².